The fourth-order valence-corrected chi connectivity index (χ4v) is 3.27. The summed E-state index contributed by atoms with van der Waals surface area (Å²) < 4.78 is 2.17. The summed E-state index contributed by atoms with van der Waals surface area (Å²) in [4.78, 5) is 23.7. The van der Waals surface area contributed by atoms with Gasteiger partial charge in [0, 0.05) is 23.6 Å². The molecule has 2 N–H and O–H groups in total. The van der Waals surface area contributed by atoms with Gasteiger partial charge in [-0.1, -0.05) is 36.4 Å². The second-order valence-corrected chi connectivity index (χ2v) is 6.38. The van der Waals surface area contributed by atoms with Crippen molar-refractivity contribution in [2.45, 2.75) is 0 Å². The maximum atomic E-state index is 11.9. The predicted molar refractivity (Wildman–Crippen MR) is 109 cm³/mol. The topological polar surface area (TPSA) is 81.1 Å². The normalized spacial score (nSPS) is 10.4. The zero-order valence-corrected chi connectivity index (χ0v) is 15.8. The Kier molecular flexibility index (Phi) is 5.73. The van der Waals surface area contributed by atoms with Gasteiger partial charge in [-0.25, -0.2) is 9.59 Å². The standard InChI is InChI=1S/C20H14Cl2N2O4/c21-23(13-7-3-1-4-8-13)17-15(19(25)26)11-12-16(20(27)28)18(17)24(22)14-9-5-2-6-10-14/h1-12H,(H,25,26)(H,27,28). The van der Waals surface area contributed by atoms with Gasteiger partial charge in [-0.15, -0.1) is 0 Å². The van der Waals surface area contributed by atoms with E-state index in [9.17, 15) is 19.8 Å². The summed E-state index contributed by atoms with van der Waals surface area (Å²) in [7, 11) is 0. The smallest absolute Gasteiger partial charge is 0.337 e. The molecule has 0 spiro atoms. The van der Waals surface area contributed by atoms with Gasteiger partial charge in [0.1, 0.15) is 0 Å². The molecule has 8 heteroatoms. The molecule has 0 amide bonds. The number of carboxylic acid groups (broad SMARTS) is 2. The number of benzene rings is 3. The highest BCUT2D eigenvalue weighted by Crippen LogP contribution is 2.44. The SMILES string of the molecule is O=C(O)c1ccc(C(=O)O)c(N(Cl)c2ccccc2)c1N(Cl)c1ccccc1. The Morgan fingerprint density at radius 2 is 0.929 bits per heavy atom. The number of hydrogen-bond acceptors (Lipinski definition) is 4. The van der Waals surface area contributed by atoms with Gasteiger partial charge < -0.3 is 10.2 Å². The Morgan fingerprint density at radius 1 is 0.607 bits per heavy atom. The summed E-state index contributed by atoms with van der Waals surface area (Å²) in [5.74, 6) is -2.54. The van der Waals surface area contributed by atoms with Crippen LogP contribution in [0.25, 0.3) is 0 Å². The second kappa shape index (κ2) is 8.21. The fraction of sp³-hybridized carbons (Fsp3) is 0. The first-order chi connectivity index (χ1) is 13.4. The number of para-hydroxylation sites is 2. The number of carbonyl (C=O) groups is 2. The van der Waals surface area contributed by atoms with Gasteiger partial charge in [0.2, 0.25) is 0 Å². The minimum Gasteiger partial charge on any atom is -0.478 e. The van der Waals surface area contributed by atoms with Crippen molar-refractivity contribution in [3.8, 4) is 0 Å². The highest BCUT2D eigenvalue weighted by atomic mass is 35.5. The third-order valence-electron chi connectivity index (χ3n) is 3.97. The molecule has 28 heavy (non-hydrogen) atoms. The number of carboxylic acids is 2. The van der Waals surface area contributed by atoms with Crippen LogP contribution in [-0.4, -0.2) is 22.2 Å². The molecule has 0 aromatic heterocycles. The molecule has 3 rings (SSSR count). The fourth-order valence-electron chi connectivity index (χ4n) is 2.70. The van der Waals surface area contributed by atoms with E-state index in [0.29, 0.717) is 11.4 Å². The van der Waals surface area contributed by atoms with Crippen LogP contribution in [0.5, 0.6) is 0 Å². The van der Waals surface area contributed by atoms with Gasteiger partial charge >= 0.3 is 11.9 Å². The lowest BCUT2D eigenvalue weighted by Gasteiger charge is -2.27. The van der Waals surface area contributed by atoms with Crippen molar-refractivity contribution in [3.63, 3.8) is 0 Å². The van der Waals surface area contributed by atoms with Gasteiger partial charge in [0.05, 0.1) is 33.9 Å². The summed E-state index contributed by atoms with van der Waals surface area (Å²) in [5, 5.41) is 19.3. The van der Waals surface area contributed by atoms with Crippen molar-refractivity contribution in [3.05, 3.63) is 83.9 Å². The summed E-state index contributed by atoms with van der Waals surface area (Å²) in [5.41, 5.74) is 0.404. The second-order valence-electron chi connectivity index (χ2n) is 5.70. The Morgan fingerprint density at radius 3 is 1.21 bits per heavy atom. The molecule has 0 saturated carbocycles. The maximum Gasteiger partial charge on any atom is 0.337 e. The number of hydrogen-bond donors (Lipinski definition) is 2. The molecule has 0 aliphatic rings. The number of halogens is 2. The van der Waals surface area contributed by atoms with E-state index in [0.717, 1.165) is 8.84 Å². The molecule has 0 atom stereocenters. The Hall–Kier alpha value is -3.22. The summed E-state index contributed by atoms with van der Waals surface area (Å²) in [6.45, 7) is 0. The highest BCUT2D eigenvalue weighted by Gasteiger charge is 2.29. The number of rotatable bonds is 6. The Bertz CT molecular complexity index is 931. The quantitative estimate of drug-likeness (QED) is 0.504. The third-order valence-corrected chi connectivity index (χ3v) is 4.70. The van der Waals surface area contributed by atoms with E-state index in [1.165, 1.54) is 12.1 Å². The summed E-state index contributed by atoms with van der Waals surface area (Å²) >= 11 is 13.0. The van der Waals surface area contributed by atoms with Crippen molar-refractivity contribution in [2.24, 2.45) is 0 Å². The summed E-state index contributed by atoms with van der Waals surface area (Å²) in [6, 6.07) is 19.5. The molecule has 3 aromatic carbocycles. The zero-order chi connectivity index (χ0) is 20.3. The van der Waals surface area contributed by atoms with Crippen LogP contribution in [0.1, 0.15) is 20.7 Å². The van der Waals surface area contributed by atoms with Crippen molar-refractivity contribution in [2.75, 3.05) is 8.84 Å². The number of anilines is 4. The van der Waals surface area contributed by atoms with Crippen LogP contribution in [0.2, 0.25) is 0 Å². The van der Waals surface area contributed by atoms with Gasteiger partial charge in [-0.3, -0.25) is 8.84 Å². The predicted octanol–water partition coefficient (Wildman–Crippen LogP) is 5.67. The van der Waals surface area contributed by atoms with Gasteiger partial charge in [-0.2, -0.15) is 0 Å². The number of aromatic carboxylic acids is 2. The third kappa shape index (κ3) is 3.74. The van der Waals surface area contributed by atoms with E-state index in [1.807, 2.05) is 0 Å². The van der Waals surface area contributed by atoms with E-state index >= 15 is 0 Å². The van der Waals surface area contributed by atoms with Crippen LogP contribution >= 0.6 is 23.6 Å². The average molecular weight is 417 g/mol. The average Bonchev–Trinajstić information content (AvgIpc) is 2.72. The van der Waals surface area contributed by atoms with E-state index in [2.05, 4.69) is 0 Å². The van der Waals surface area contributed by atoms with E-state index in [1.54, 1.807) is 60.7 Å². The molecule has 0 unspecified atom stereocenters. The molecule has 3 aromatic rings. The Balaban J connectivity index is 2.32. The molecule has 0 heterocycles. The van der Waals surface area contributed by atoms with Crippen molar-refractivity contribution >= 4 is 58.2 Å². The lowest BCUT2D eigenvalue weighted by atomic mass is 10.0. The zero-order valence-electron chi connectivity index (χ0n) is 14.3. The molecular formula is C20H14Cl2N2O4. The molecule has 0 saturated heterocycles. The molecule has 0 aliphatic carbocycles. The molecule has 0 radical (unpaired) electrons. The first-order valence-electron chi connectivity index (χ1n) is 8.07. The summed E-state index contributed by atoms with van der Waals surface area (Å²) in [6.07, 6.45) is 0. The molecule has 142 valence electrons. The van der Waals surface area contributed by atoms with Crippen molar-refractivity contribution in [1.82, 2.24) is 0 Å². The van der Waals surface area contributed by atoms with Crippen molar-refractivity contribution < 1.29 is 19.8 Å². The van der Waals surface area contributed by atoms with Crippen LogP contribution in [0.4, 0.5) is 22.7 Å². The van der Waals surface area contributed by atoms with Gasteiger partial charge in [-0.05, 0) is 36.4 Å². The van der Waals surface area contributed by atoms with Crippen LogP contribution < -0.4 is 8.84 Å². The number of nitrogens with zero attached hydrogens (tertiary/aromatic N) is 2. The maximum absolute atomic E-state index is 11.9. The van der Waals surface area contributed by atoms with Crippen molar-refractivity contribution in [1.29, 1.82) is 0 Å². The van der Waals surface area contributed by atoms with Gasteiger partial charge in [0.25, 0.3) is 0 Å². The van der Waals surface area contributed by atoms with Gasteiger partial charge in [0.15, 0.2) is 0 Å². The Labute approximate surface area is 171 Å². The lowest BCUT2D eigenvalue weighted by molar-refractivity contribution is 0.0682. The largest absolute Gasteiger partial charge is 0.478 e. The van der Waals surface area contributed by atoms with E-state index in [4.69, 9.17) is 23.6 Å². The molecular weight excluding hydrogens is 403 g/mol. The van der Waals surface area contributed by atoms with E-state index < -0.39 is 11.9 Å². The first-order valence-corrected chi connectivity index (χ1v) is 8.75. The molecule has 0 bridgehead atoms. The molecule has 0 fully saturated rings. The van der Waals surface area contributed by atoms with Crippen LogP contribution in [0.3, 0.4) is 0 Å². The lowest BCUT2D eigenvalue weighted by Crippen LogP contribution is -2.17. The van der Waals surface area contributed by atoms with E-state index in [-0.39, 0.29) is 22.5 Å². The molecule has 6 nitrogen and oxygen atoms in total. The monoisotopic (exact) mass is 416 g/mol. The molecule has 0 aliphatic heterocycles. The van der Waals surface area contributed by atoms with Crippen LogP contribution in [0.15, 0.2) is 72.8 Å². The van der Waals surface area contributed by atoms with Crippen LogP contribution in [0, 0.1) is 0 Å². The van der Waals surface area contributed by atoms with Crippen LogP contribution in [-0.2, 0) is 0 Å². The highest BCUT2D eigenvalue weighted by molar-refractivity contribution is 6.36. The minimum atomic E-state index is -1.27. The minimum absolute atomic E-state index is 0.0564. The first kappa shape index (κ1) is 19.5.